The molecule has 0 saturated carbocycles. The van der Waals surface area contributed by atoms with Crippen LogP contribution < -0.4 is 0 Å². The smallest absolute Gasteiger partial charge is 0.164 e. The maximum Gasteiger partial charge on any atom is 0.164 e. The first kappa shape index (κ1) is 13.9. The summed E-state index contributed by atoms with van der Waals surface area (Å²) in [4.78, 5) is 8.37. The average molecular weight is 305 g/mol. The predicted molar refractivity (Wildman–Crippen MR) is 79.4 cm³/mol. The minimum atomic E-state index is -0.402. The van der Waals surface area contributed by atoms with E-state index in [9.17, 15) is 8.78 Å². The van der Waals surface area contributed by atoms with Crippen LogP contribution in [-0.4, -0.2) is 9.97 Å². The van der Waals surface area contributed by atoms with Gasteiger partial charge in [-0.2, -0.15) is 0 Å². The maximum absolute atomic E-state index is 14.2. The second-order valence-corrected chi connectivity index (χ2v) is 5.25. The summed E-state index contributed by atoms with van der Waals surface area (Å²) < 4.78 is 27.8. The molecule has 0 saturated heterocycles. The Morgan fingerprint density at radius 3 is 2.52 bits per heavy atom. The zero-order valence-corrected chi connectivity index (χ0v) is 12.2. The molecule has 3 rings (SSSR count). The Morgan fingerprint density at radius 2 is 1.76 bits per heavy atom. The Morgan fingerprint density at radius 1 is 1.00 bits per heavy atom. The molecule has 0 amide bonds. The molecule has 0 unspecified atom stereocenters. The van der Waals surface area contributed by atoms with Gasteiger partial charge in [-0.25, -0.2) is 18.7 Å². The van der Waals surface area contributed by atoms with Crippen molar-refractivity contribution in [2.45, 2.75) is 13.8 Å². The SMILES string of the molecule is Cc1cc2c(Cl)nc(-c3cccc(C)c3F)nc2cc1F. The van der Waals surface area contributed by atoms with Crippen LogP contribution >= 0.6 is 11.6 Å². The van der Waals surface area contributed by atoms with Crippen LogP contribution in [0.25, 0.3) is 22.3 Å². The molecule has 0 bridgehead atoms. The van der Waals surface area contributed by atoms with Gasteiger partial charge in [0.2, 0.25) is 0 Å². The van der Waals surface area contributed by atoms with Gasteiger partial charge in [0, 0.05) is 11.5 Å². The summed E-state index contributed by atoms with van der Waals surface area (Å²) in [5, 5.41) is 0.728. The normalized spacial score (nSPS) is 11.1. The van der Waals surface area contributed by atoms with Crippen LogP contribution in [0.2, 0.25) is 5.15 Å². The van der Waals surface area contributed by atoms with Crippen molar-refractivity contribution in [3.05, 3.63) is 58.2 Å². The molecule has 0 N–H and O–H groups in total. The lowest BCUT2D eigenvalue weighted by Gasteiger charge is -2.08. The Bertz CT molecular complexity index is 863. The Kier molecular flexibility index (Phi) is 3.33. The molecule has 0 aliphatic heterocycles. The standard InChI is InChI=1S/C16H11ClF2N2/c1-8-4-3-5-10(14(8)19)16-20-13-7-12(18)9(2)6-11(13)15(17)21-16/h3-7H,1-2H3. The lowest BCUT2D eigenvalue weighted by molar-refractivity contribution is 0.619. The summed E-state index contributed by atoms with van der Waals surface area (Å²) in [7, 11) is 0. The van der Waals surface area contributed by atoms with Gasteiger partial charge in [0.25, 0.3) is 0 Å². The first-order valence-corrected chi connectivity index (χ1v) is 6.74. The molecule has 1 aromatic heterocycles. The van der Waals surface area contributed by atoms with Crippen molar-refractivity contribution in [2.75, 3.05) is 0 Å². The zero-order chi connectivity index (χ0) is 15.1. The van der Waals surface area contributed by atoms with Gasteiger partial charge in [-0.1, -0.05) is 23.7 Å². The molecule has 3 aromatic rings. The number of halogens is 3. The number of fused-ring (bicyclic) bond motifs is 1. The van der Waals surface area contributed by atoms with E-state index in [-0.39, 0.29) is 22.4 Å². The summed E-state index contributed by atoms with van der Waals surface area (Å²) >= 11 is 6.13. The van der Waals surface area contributed by atoms with Crippen molar-refractivity contribution in [3.63, 3.8) is 0 Å². The quantitative estimate of drug-likeness (QED) is 0.601. The molecule has 1 heterocycles. The van der Waals surface area contributed by atoms with Gasteiger partial charge in [-0.3, -0.25) is 0 Å². The van der Waals surface area contributed by atoms with E-state index < -0.39 is 5.82 Å². The number of aromatic nitrogens is 2. The number of benzene rings is 2. The van der Waals surface area contributed by atoms with Crippen LogP contribution in [0.4, 0.5) is 8.78 Å². The molecule has 2 aromatic carbocycles. The third kappa shape index (κ3) is 2.36. The zero-order valence-electron chi connectivity index (χ0n) is 11.4. The number of nitrogens with zero attached hydrogens (tertiary/aromatic N) is 2. The van der Waals surface area contributed by atoms with Gasteiger partial charge >= 0.3 is 0 Å². The first-order valence-electron chi connectivity index (χ1n) is 6.36. The fraction of sp³-hybridized carbons (Fsp3) is 0.125. The van der Waals surface area contributed by atoms with Crippen molar-refractivity contribution in [1.82, 2.24) is 9.97 Å². The summed E-state index contributed by atoms with van der Waals surface area (Å²) in [6.07, 6.45) is 0. The van der Waals surface area contributed by atoms with Crippen molar-refractivity contribution in [3.8, 4) is 11.4 Å². The predicted octanol–water partition coefficient (Wildman–Crippen LogP) is 4.85. The highest BCUT2D eigenvalue weighted by atomic mass is 35.5. The van der Waals surface area contributed by atoms with Crippen LogP contribution in [0.15, 0.2) is 30.3 Å². The number of hydrogen-bond acceptors (Lipinski definition) is 2. The summed E-state index contributed by atoms with van der Waals surface area (Å²) in [6.45, 7) is 3.30. The highest BCUT2D eigenvalue weighted by Crippen LogP contribution is 2.28. The van der Waals surface area contributed by atoms with E-state index in [1.165, 1.54) is 6.07 Å². The van der Waals surface area contributed by atoms with Gasteiger partial charge in [0.1, 0.15) is 16.8 Å². The molecule has 5 heteroatoms. The number of aryl methyl sites for hydroxylation is 2. The van der Waals surface area contributed by atoms with Gasteiger partial charge in [-0.05, 0) is 37.1 Å². The molecular formula is C16H11ClF2N2. The molecule has 0 atom stereocenters. The largest absolute Gasteiger partial charge is 0.228 e. The van der Waals surface area contributed by atoms with Crippen LogP contribution in [0, 0.1) is 25.5 Å². The average Bonchev–Trinajstić information content (AvgIpc) is 2.44. The van der Waals surface area contributed by atoms with Gasteiger partial charge < -0.3 is 0 Å². The molecule has 0 radical (unpaired) electrons. The monoisotopic (exact) mass is 304 g/mol. The second-order valence-electron chi connectivity index (χ2n) is 4.89. The van der Waals surface area contributed by atoms with E-state index in [1.54, 1.807) is 38.1 Å². The van der Waals surface area contributed by atoms with Crippen LogP contribution in [0.1, 0.15) is 11.1 Å². The van der Waals surface area contributed by atoms with Crippen molar-refractivity contribution in [2.24, 2.45) is 0 Å². The third-order valence-electron chi connectivity index (χ3n) is 3.36. The topological polar surface area (TPSA) is 25.8 Å². The van der Waals surface area contributed by atoms with Gasteiger partial charge in [0.05, 0.1) is 11.1 Å². The fourth-order valence-electron chi connectivity index (χ4n) is 2.16. The van der Waals surface area contributed by atoms with Crippen LogP contribution in [0.3, 0.4) is 0 Å². The molecule has 2 nitrogen and oxygen atoms in total. The van der Waals surface area contributed by atoms with E-state index in [4.69, 9.17) is 11.6 Å². The Hall–Kier alpha value is -2.07. The lowest BCUT2D eigenvalue weighted by Crippen LogP contribution is -1.97. The third-order valence-corrected chi connectivity index (χ3v) is 3.65. The number of hydrogen-bond donors (Lipinski definition) is 0. The minimum Gasteiger partial charge on any atom is -0.228 e. The van der Waals surface area contributed by atoms with E-state index in [1.807, 2.05) is 0 Å². The lowest BCUT2D eigenvalue weighted by atomic mass is 10.1. The first-order chi connectivity index (χ1) is 9.97. The van der Waals surface area contributed by atoms with Crippen LogP contribution in [0.5, 0.6) is 0 Å². The molecule has 0 aliphatic carbocycles. The summed E-state index contributed by atoms with van der Waals surface area (Å²) in [6, 6.07) is 7.82. The molecule has 21 heavy (non-hydrogen) atoms. The highest BCUT2D eigenvalue weighted by Gasteiger charge is 2.14. The maximum atomic E-state index is 14.2. The number of rotatable bonds is 1. The van der Waals surface area contributed by atoms with Gasteiger partial charge in [0.15, 0.2) is 5.82 Å². The van der Waals surface area contributed by atoms with E-state index in [0.717, 1.165) is 0 Å². The molecule has 0 spiro atoms. The van der Waals surface area contributed by atoms with E-state index in [2.05, 4.69) is 9.97 Å². The molecular weight excluding hydrogens is 294 g/mol. The van der Waals surface area contributed by atoms with Crippen molar-refractivity contribution in [1.29, 1.82) is 0 Å². The minimum absolute atomic E-state index is 0.150. The fourth-order valence-corrected chi connectivity index (χ4v) is 2.39. The summed E-state index contributed by atoms with van der Waals surface area (Å²) in [5.74, 6) is -0.634. The second kappa shape index (κ2) is 5.04. The van der Waals surface area contributed by atoms with Crippen molar-refractivity contribution >= 4 is 22.5 Å². The Balaban J connectivity index is 2.30. The molecule has 0 fully saturated rings. The van der Waals surface area contributed by atoms with E-state index in [0.29, 0.717) is 22.0 Å². The van der Waals surface area contributed by atoms with Gasteiger partial charge in [-0.15, -0.1) is 0 Å². The van der Waals surface area contributed by atoms with E-state index >= 15 is 0 Å². The van der Waals surface area contributed by atoms with Crippen LogP contribution in [-0.2, 0) is 0 Å². The highest BCUT2D eigenvalue weighted by molar-refractivity contribution is 6.34. The molecule has 106 valence electrons. The molecule has 0 aliphatic rings. The van der Waals surface area contributed by atoms with Crippen molar-refractivity contribution < 1.29 is 8.78 Å². The summed E-state index contributed by atoms with van der Waals surface area (Å²) in [5.41, 5.74) is 1.55. The Labute approximate surface area is 125 Å².